The Labute approximate surface area is 108 Å². The summed E-state index contributed by atoms with van der Waals surface area (Å²) >= 11 is 0. The van der Waals surface area contributed by atoms with E-state index in [0.29, 0.717) is 11.3 Å². The fourth-order valence-electron chi connectivity index (χ4n) is 1.61. The third-order valence-electron chi connectivity index (χ3n) is 2.65. The van der Waals surface area contributed by atoms with Crippen molar-refractivity contribution in [1.82, 2.24) is 10.5 Å². The number of carbonyl (C=O) groups excluding carboxylic acids is 1. The predicted molar refractivity (Wildman–Crippen MR) is 63.5 cm³/mol. The van der Waals surface area contributed by atoms with Crippen LogP contribution in [0.15, 0.2) is 28.8 Å². The van der Waals surface area contributed by atoms with Gasteiger partial charge >= 0.3 is 0 Å². The van der Waals surface area contributed by atoms with E-state index in [1.54, 1.807) is 13.8 Å². The van der Waals surface area contributed by atoms with Gasteiger partial charge in [0.15, 0.2) is 17.3 Å². The molecule has 0 aliphatic rings. The number of aromatic nitrogens is 1. The fourth-order valence-corrected chi connectivity index (χ4v) is 1.61. The van der Waals surface area contributed by atoms with Crippen LogP contribution >= 0.6 is 0 Å². The number of rotatable bonds is 3. The molecule has 0 aliphatic carbocycles. The largest absolute Gasteiger partial charge is 0.361 e. The van der Waals surface area contributed by atoms with E-state index in [4.69, 9.17) is 4.52 Å². The molecular formula is C13H12F2N2O2. The molecular weight excluding hydrogens is 254 g/mol. The molecule has 19 heavy (non-hydrogen) atoms. The summed E-state index contributed by atoms with van der Waals surface area (Å²) in [6, 6.07) is 4.51. The average molecular weight is 266 g/mol. The lowest BCUT2D eigenvalue weighted by Gasteiger charge is -2.13. The van der Waals surface area contributed by atoms with Crippen LogP contribution in [0.1, 0.15) is 34.8 Å². The van der Waals surface area contributed by atoms with Crippen LogP contribution in [0, 0.1) is 18.6 Å². The Morgan fingerprint density at radius 1 is 1.32 bits per heavy atom. The quantitative estimate of drug-likeness (QED) is 0.929. The van der Waals surface area contributed by atoms with Crippen molar-refractivity contribution in [3.05, 3.63) is 52.9 Å². The van der Waals surface area contributed by atoms with E-state index < -0.39 is 23.6 Å². The van der Waals surface area contributed by atoms with Crippen LogP contribution in [0.2, 0.25) is 0 Å². The minimum absolute atomic E-state index is 0.145. The van der Waals surface area contributed by atoms with Gasteiger partial charge in [0.1, 0.15) is 5.76 Å². The average Bonchev–Trinajstić information content (AvgIpc) is 2.79. The summed E-state index contributed by atoms with van der Waals surface area (Å²) in [7, 11) is 0. The van der Waals surface area contributed by atoms with E-state index in [9.17, 15) is 13.6 Å². The highest BCUT2D eigenvalue weighted by molar-refractivity contribution is 5.92. The van der Waals surface area contributed by atoms with Crippen molar-refractivity contribution in [2.75, 3.05) is 0 Å². The van der Waals surface area contributed by atoms with Gasteiger partial charge in [-0.25, -0.2) is 8.78 Å². The molecule has 0 spiro atoms. The summed E-state index contributed by atoms with van der Waals surface area (Å²) in [6.45, 7) is 3.33. The first-order chi connectivity index (χ1) is 8.97. The van der Waals surface area contributed by atoms with Gasteiger partial charge in [-0.3, -0.25) is 4.79 Å². The van der Waals surface area contributed by atoms with E-state index >= 15 is 0 Å². The first-order valence-corrected chi connectivity index (χ1v) is 5.66. The molecule has 1 heterocycles. The van der Waals surface area contributed by atoms with Crippen molar-refractivity contribution in [3.8, 4) is 0 Å². The molecule has 0 fully saturated rings. The maximum absolute atomic E-state index is 13.1. The second-order valence-electron chi connectivity index (χ2n) is 4.19. The fraction of sp³-hybridized carbons (Fsp3) is 0.231. The summed E-state index contributed by atoms with van der Waals surface area (Å²) in [4.78, 5) is 11.8. The highest BCUT2D eigenvalue weighted by atomic mass is 19.2. The maximum Gasteiger partial charge on any atom is 0.273 e. The molecule has 4 nitrogen and oxygen atoms in total. The van der Waals surface area contributed by atoms with Gasteiger partial charge in [0.05, 0.1) is 6.04 Å². The first kappa shape index (κ1) is 13.2. The minimum atomic E-state index is -0.948. The topological polar surface area (TPSA) is 55.1 Å². The molecule has 0 bridgehead atoms. The van der Waals surface area contributed by atoms with Gasteiger partial charge in [0, 0.05) is 6.07 Å². The van der Waals surface area contributed by atoms with Crippen molar-refractivity contribution in [3.63, 3.8) is 0 Å². The Morgan fingerprint density at radius 3 is 2.63 bits per heavy atom. The van der Waals surface area contributed by atoms with E-state index in [2.05, 4.69) is 10.5 Å². The van der Waals surface area contributed by atoms with Crippen LogP contribution in [-0.4, -0.2) is 11.1 Å². The maximum atomic E-state index is 13.1. The SMILES string of the molecule is Cc1cc(C(=O)N[C@H](C)c2ccc(F)c(F)c2)no1. The minimum Gasteiger partial charge on any atom is -0.361 e. The smallest absolute Gasteiger partial charge is 0.273 e. The first-order valence-electron chi connectivity index (χ1n) is 5.66. The Hall–Kier alpha value is -2.24. The van der Waals surface area contributed by atoms with Gasteiger partial charge in [0.2, 0.25) is 0 Å². The summed E-state index contributed by atoms with van der Waals surface area (Å²) in [5.41, 5.74) is 0.611. The molecule has 0 unspecified atom stereocenters. The lowest BCUT2D eigenvalue weighted by Crippen LogP contribution is -2.27. The molecule has 1 aromatic heterocycles. The number of hydrogen-bond donors (Lipinski definition) is 1. The normalized spacial score (nSPS) is 12.2. The van der Waals surface area contributed by atoms with Crippen LogP contribution < -0.4 is 5.32 Å². The zero-order chi connectivity index (χ0) is 14.0. The highest BCUT2D eigenvalue weighted by Crippen LogP contribution is 2.16. The molecule has 0 saturated heterocycles. The van der Waals surface area contributed by atoms with Crippen LogP contribution in [0.4, 0.5) is 8.78 Å². The van der Waals surface area contributed by atoms with Crippen LogP contribution in [0.25, 0.3) is 0 Å². The molecule has 0 saturated carbocycles. The third-order valence-corrected chi connectivity index (χ3v) is 2.65. The van der Waals surface area contributed by atoms with Gasteiger partial charge in [-0.05, 0) is 31.5 Å². The van der Waals surface area contributed by atoms with Gasteiger partial charge in [-0.1, -0.05) is 11.2 Å². The Bertz CT molecular complexity index is 610. The number of aryl methyl sites for hydroxylation is 1. The molecule has 100 valence electrons. The van der Waals surface area contributed by atoms with Crippen molar-refractivity contribution in [1.29, 1.82) is 0 Å². The standard InChI is InChI=1S/C13H12F2N2O2/c1-7-5-12(17-19-7)13(18)16-8(2)9-3-4-10(14)11(15)6-9/h3-6,8H,1-2H3,(H,16,18)/t8-/m1/s1. The molecule has 0 radical (unpaired) electrons. The second-order valence-corrected chi connectivity index (χ2v) is 4.19. The second kappa shape index (κ2) is 5.17. The number of hydrogen-bond acceptors (Lipinski definition) is 3. The molecule has 1 N–H and O–H groups in total. The molecule has 0 aliphatic heterocycles. The third kappa shape index (κ3) is 2.96. The van der Waals surface area contributed by atoms with Crippen molar-refractivity contribution >= 4 is 5.91 Å². The van der Waals surface area contributed by atoms with Crippen molar-refractivity contribution in [2.24, 2.45) is 0 Å². The van der Waals surface area contributed by atoms with Crippen LogP contribution in [-0.2, 0) is 0 Å². The summed E-state index contributed by atoms with van der Waals surface area (Å²) in [5, 5.41) is 6.19. The monoisotopic (exact) mass is 266 g/mol. The number of halogens is 2. The zero-order valence-electron chi connectivity index (χ0n) is 10.4. The molecule has 2 aromatic rings. The molecule has 1 atom stereocenters. The van der Waals surface area contributed by atoms with E-state index in [-0.39, 0.29) is 5.69 Å². The van der Waals surface area contributed by atoms with Gasteiger partial charge in [-0.2, -0.15) is 0 Å². The Balaban J connectivity index is 2.10. The van der Waals surface area contributed by atoms with Gasteiger partial charge in [0.25, 0.3) is 5.91 Å². The molecule has 2 rings (SSSR count). The molecule has 1 aromatic carbocycles. The Morgan fingerprint density at radius 2 is 2.05 bits per heavy atom. The van der Waals surface area contributed by atoms with E-state index in [1.807, 2.05) is 0 Å². The lowest BCUT2D eigenvalue weighted by atomic mass is 10.1. The van der Waals surface area contributed by atoms with Crippen molar-refractivity contribution in [2.45, 2.75) is 19.9 Å². The lowest BCUT2D eigenvalue weighted by molar-refractivity contribution is 0.0930. The van der Waals surface area contributed by atoms with E-state index in [1.165, 1.54) is 12.1 Å². The van der Waals surface area contributed by atoms with E-state index in [0.717, 1.165) is 12.1 Å². The van der Waals surface area contributed by atoms with Gasteiger partial charge < -0.3 is 9.84 Å². The summed E-state index contributed by atoms with van der Waals surface area (Å²) in [6.07, 6.45) is 0. The molecule has 1 amide bonds. The number of benzene rings is 1. The summed E-state index contributed by atoms with van der Waals surface area (Å²) in [5.74, 6) is -1.79. The highest BCUT2D eigenvalue weighted by Gasteiger charge is 2.15. The molecule has 6 heteroatoms. The number of nitrogens with zero attached hydrogens (tertiary/aromatic N) is 1. The van der Waals surface area contributed by atoms with Crippen LogP contribution in [0.5, 0.6) is 0 Å². The van der Waals surface area contributed by atoms with Crippen LogP contribution in [0.3, 0.4) is 0 Å². The number of carbonyl (C=O) groups is 1. The zero-order valence-corrected chi connectivity index (χ0v) is 10.4. The predicted octanol–water partition coefficient (Wildman–Crippen LogP) is 2.75. The van der Waals surface area contributed by atoms with Gasteiger partial charge in [-0.15, -0.1) is 0 Å². The summed E-state index contributed by atoms with van der Waals surface area (Å²) < 4.78 is 30.7. The Kier molecular flexibility index (Phi) is 3.59. The van der Waals surface area contributed by atoms with Crippen molar-refractivity contribution < 1.29 is 18.1 Å². The number of amides is 1. The number of nitrogens with one attached hydrogen (secondary N) is 1.